The van der Waals surface area contributed by atoms with Crippen LogP contribution in [0, 0.1) is 11.7 Å². The normalized spacial score (nSPS) is 17.9. The number of hydrogen-bond donors (Lipinski definition) is 0. The molecule has 3 aromatic rings. The molecule has 11 heteroatoms. The molecule has 0 radical (unpaired) electrons. The van der Waals surface area contributed by atoms with Gasteiger partial charge in [-0.15, -0.1) is 0 Å². The fourth-order valence-electron chi connectivity index (χ4n) is 4.28. The molecule has 0 spiro atoms. The first-order valence-corrected chi connectivity index (χ1v) is 13.4. The highest BCUT2D eigenvalue weighted by atomic mass is 32.2. The van der Waals surface area contributed by atoms with E-state index in [1.165, 1.54) is 27.8 Å². The second kappa shape index (κ2) is 9.12. The van der Waals surface area contributed by atoms with Crippen LogP contribution >= 0.6 is 11.3 Å². The van der Waals surface area contributed by atoms with E-state index in [0.717, 1.165) is 22.3 Å². The molecule has 3 heterocycles. The molecule has 2 aliphatic rings. The lowest BCUT2D eigenvalue weighted by Gasteiger charge is -2.29. The van der Waals surface area contributed by atoms with Gasteiger partial charge in [-0.25, -0.2) is 12.8 Å². The first-order chi connectivity index (χ1) is 16.4. The molecule has 0 unspecified atom stereocenters. The monoisotopic (exact) mass is 505 g/mol. The number of ether oxygens (including phenoxy) is 2. The summed E-state index contributed by atoms with van der Waals surface area (Å²) in [7, 11) is -3.72. The Hall–Kier alpha value is -2.76. The largest absolute Gasteiger partial charge is 0.486 e. The third-order valence-corrected chi connectivity index (χ3v) is 9.08. The number of fused-ring (bicyclic) bond motifs is 2. The van der Waals surface area contributed by atoms with Crippen LogP contribution in [0.5, 0.6) is 11.5 Å². The molecule has 0 saturated carbocycles. The van der Waals surface area contributed by atoms with Crippen molar-refractivity contribution < 1.29 is 27.1 Å². The third kappa shape index (κ3) is 4.23. The molecular formula is C23H24FN3O5S2. The molecule has 5 rings (SSSR count). The Morgan fingerprint density at radius 3 is 2.41 bits per heavy atom. The minimum Gasteiger partial charge on any atom is -0.486 e. The number of aromatic nitrogens is 1. The molecule has 2 aromatic carbocycles. The van der Waals surface area contributed by atoms with Crippen LogP contribution in [0.15, 0.2) is 46.3 Å². The van der Waals surface area contributed by atoms with Crippen molar-refractivity contribution in [2.24, 2.45) is 10.9 Å². The second-order valence-electron chi connectivity index (χ2n) is 8.17. The van der Waals surface area contributed by atoms with E-state index in [-0.39, 0.29) is 29.8 Å². The highest BCUT2D eigenvalue weighted by molar-refractivity contribution is 7.89. The van der Waals surface area contributed by atoms with Crippen LogP contribution in [0.2, 0.25) is 0 Å². The Morgan fingerprint density at radius 2 is 1.76 bits per heavy atom. The van der Waals surface area contributed by atoms with Gasteiger partial charge >= 0.3 is 0 Å². The van der Waals surface area contributed by atoms with Crippen molar-refractivity contribution >= 4 is 37.5 Å². The summed E-state index contributed by atoms with van der Waals surface area (Å²) in [5.41, 5.74) is 0.934. The van der Waals surface area contributed by atoms with Gasteiger partial charge in [0.1, 0.15) is 19.0 Å². The molecule has 8 nitrogen and oxygen atoms in total. The van der Waals surface area contributed by atoms with E-state index < -0.39 is 15.8 Å². The molecule has 1 saturated heterocycles. The van der Waals surface area contributed by atoms with E-state index in [1.807, 2.05) is 23.6 Å². The second-order valence-corrected chi connectivity index (χ2v) is 11.1. The number of sulfonamides is 1. The van der Waals surface area contributed by atoms with Crippen molar-refractivity contribution in [1.82, 2.24) is 8.87 Å². The van der Waals surface area contributed by atoms with E-state index in [0.29, 0.717) is 48.9 Å². The number of hydrogen-bond acceptors (Lipinski definition) is 6. The van der Waals surface area contributed by atoms with Crippen LogP contribution in [-0.4, -0.2) is 49.5 Å². The van der Waals surface area contributed by atoms with Crippen molar-refractivity contribution in [3.05, 3.63) is 47.0 Å². The molecular weight excluding hydrogens is 481 g/mol. The molecule has 1 amide bonds. The number of benzene rings is 2. The number of carbonyl (C=O) groups excluding carboxylic acids is 1. The average molecular weight is 506 g/mol. The van der Waals surface area contributed by atoms with Gasteiger partial charge in [-0.2, -0.15) is 9.30 Å². The maximum absolute atomic E-state index is 13.2. The fourth-order valence-corrected chi connectivity index (χ4v) is 6.86. The number of piperidine rings is 1. The van der Waals surface area contributed by atoms with Crippen LogP contribution < -0.4 is 14.3 Å². The Morgan fingerprint density at radius 1 is 1.12 bits per heavy atom. The molecule has 180 valence electrons. The van der Waals surface area contributed by atoms with Gasteiger partial charge in [0.15, 0.2) is 16.3 Å². The Labute approximate surface area is 200 Å². The van der Waals surface area contributed by atoms with Crippen LogP contribution in [0.3, 0.4) is 0 Å². The number of aryl methyl sites for hydroxylation is 1. The standard InChI is InChI=1S/C23H24FN3O5S2/c1-2-27-18-13-19-20(32-12-11-31-19)14-21(18)33-23(27)25-22(28)15-7-9-26(10-8-15)34(29,30)17-5-3-16(24)4-6-17/h3-6,13-15H,2,7-12H2,1H3. The predicted molar refractivity (Wildman–Crippen MR) is 125 cm³/mol. The first-order valence-electron chi connectivity index (χ1n) is 11.1. The zero-order valence-electron chi connectivity index (χ0n) is 18.6. The van der Waals surface area contributed by atoms with Crippen molar-refractivity contribution in [2.75, 3.05) is 26.3 Å². The van der Waals surface area contributed by atoms with Crippen LogP contribution in [0.25, 0.3) is 10.2 Å². The van der Waals surface area contributed by atoms with E-state index in [1.54, 1.807) is 0 Å². The van der Waals surface area contributed by atoms with Gasteiger partial charge in [0, 0.05) is 37.7 Å². The minimum absolute atomic E-state index is 0.0493. The van der Waals surface area contributed by atoms with Gasteiger partial charge in [0.05, 0.1) is 15.1 Å². The van der Waals surface area contributed by atoms with Gasteiger partial charge in [-0.05, 0) is 44.0 Å². The fraction of sp³-hybridized carbons (Fsp3) is 0.391. The molecule has 0 atom stereocenters. The maximum Gasteiger partial charge on any atom is 0.251 e. The highest BCUT2D eigenvalue weighted by Gasteiger charge is 2.32. The lowest BCUT2D eigenvalue weighted by Crippen LogP contribution is -2.40. The summed E-state index contributed by atoms with van der Waals surface area (Å²) >= 11 is 1.42. The number of carbonyl (C=O) groups is 1. The molecule has 1 fully saturated rings. The van der Waals surface area contributed by atoms with E-state index in [9.17, 15) is 17.6 Å². The number of thiazole rings is 1. The summed E-state index contributed by atoms with van der Waals surface area (Å²) < 4.78 is 54.5. The lowest BCUT2D eigenvalue weighted by atomic mass is 9.98. The molecule has 34 heavy (non-hydrogen) atoms. The zero-order chi connectivity index (χ0) is 23.9. The molecule has 0 aliphatic carbocycles. The number of rotatable bonds is 4. The minimum atomic E-state index is -3.72. The highest BCUT2D eigenvalue weighted by Crippen LogP contribution is 2.35. The van der Waals surface area contributed by atoms with Crippen molar-refractivity contribution in [2.45, 2.75) is 31.2 Å². The summed E-state index contributed by atoms with van der Waals surface area (Å²) in [5, 5.41) is 0. The Bertz CT molecular complexity index is 1400. The van der Waals surface area contributed by atoms with E-state index in [2.05, 4.69) is 4.99 Å². The van der Waals surface area contributed by atoms with E-state index >= 15 is 0 Å². The molecule has 1 aromatic heterocycles. The van der Waals surface area contributed by atoms with Crippen molar-refractivity contribution in [3.63, 3.8) is 0 Å². The van der Waals surface area contributed by atoms with Crippen LogP contribution in [-0.2, 0) is 21.4 Å². The van der Waals surface area contributed by atoms with Gasteiger partial charge < -0.3 is 14.0 Å². The summed E-state index contributed by atoms with van der Waals surface area (Å²) in [6.07, 6.45) is 0.769. The zero-order valence-corrected chi connectivity index (χ0v) is 20.2. The average Bonchev–Trinajstić information content (AvgIpc) is 3.18. The van der Waals surface area contributed by atoms with Crippen LogP contribution in [0.4, 0.5) is 4.39 Å². The lowest BCUT2D eigenvalue weighted by molar-refractivity contribution is -0.122. The predicted octanol–water partition coefficient (Wildman–Crippen LogP) is 3.16. The van der Waals surface area contributed by atoms with E-state index in [4.69, 9.17) is 9.47 Å². The Kier molecular flexibility index (Phi) is 6.17. The Balaban J connectivity index is 1.35. The number of halogens is 1. The SMILES string of the molecule is CCn1c(=NC(=O)C2CCN(S(=O)(=O)c3ccc(F)cc3)CC2)sc2cc3c(cc21)OCCO3. The van der Waals surface area contributed by atoms with Gasteiger partial charge in [-0.3, -0.25) is 4.79 Å². The smallest absolute Gasteiger partial charge is 0.251 e. The summed E-state index contributed by atoms with van der Waals surface area (Å²) in [6, 6.07) is 8.62. The molecule has 2 aliphatic heterocycles. The van der Waals surface area contributed by atoms with Crippen LogP contribution in [0.1, 0.15) is 19.8 Å². The summed E-state index contributed by atoms with van der Waals surface area (Å²) in [4.78, 5) is 18.1. The topological polar surface area (TPSA) is 90.2 Å². The number of nitrogens with zero attached hydrogens (tertiary/aromatic N) is 3. The maximum atomic E-state index is 13.2. The van der Waals surface area contributed by atoms with Gasteiger partial charge in [0.2, 0.25) is 10.0 Å². The molecule has 0 N–H and O–H groups in total. The van der Waals surface area contributed by atoms with Crippen molar-refractivity contribution in [3.8, 4) is 11.5 Å². The summed E-state index contributed by atoms with van der Waals surface area (Å²) in [6.45, 7) is 4.06. The first kappa shape index (κ1) is 23.0. The molecule has 0 bridgehead atoms. The van der Waals surface area contributed by atoms with Crippen molar-refractivity contribution in [1.29, 1.82) is 0 Å². The third-order valence-electron chi connectivity index (χ3n) is 6.12. The number of amides is 1. The van der Waals surface area contributed by atoms with Gasteiger partial charge in [-0.1, -0.05) is 11.3 Å². The quantitative estimate of drug-likeness (QED) is 0.543. The summed E-state index contributed by atoms with van der Waals surface area (Å²) in [5.74, 6) is 0.290. The van der Waals surface area contributed by atoms with Gasteiger partial charge in [0.25, 0.3) is 5.91 Å².